The first-order valence-corrected chi connectivity index (χ1v) is 12.9. The standard InChI is InChI=1S/C31H32FNO4/c1-4-37-30(34)16-20-9-12-29(36-3)25(15-20)22-10-11-28(32)23-13-14-33(18-27(22)23)31(35)26-17-24(26)21-8-6-5-7-19(21)2/h5-12,15,24,26H,4,13-14,16-18H2,1-3H3/t24-,26+/m0/s1. The monoisotopic (exact) mass is 501 g/mol. The molecule has 1 aliphatic heterocycles. The van der Waals surface area contributed by atoms with Crippen LogP contribution in [0, 0.1) is 18.7 Å². The second-order valence-electron chi connectivity index (χ2n) is 9.88. The van der Waals surface area contributed by atoms with Crippen molar-refractivity contribution in [3.05, 3.63) is 88.2 Å². The summed E-state index contributed by atoms with van der Waals surface area (Å²) in [7, 11) is 1.59. The van der Waals surface area contributed by atoms with Crippen LogP contribution in [0.15, 0.2) is 54.6 Å². The summed E-state index contributed by atoms with van der Waals surface area (Å²) in [6.45, 7) is 5.04. The molecule has 1 fully saturated rings. The van der Waals surface area contributed by atoms with E-state index < -0.39 is 0 Å². The molecule has 192 valence electrons. The highest BCUT2D eigenvalue weighted by Gasteiger charge is 2.46. The molecule has 5 rings (SSSR count). The molecule has 37 heavy (non-hydrogen) atoms. The summed E-state index contributed by atoms with van der Waals surface area (Å²) in [5.74, 6) is 0.438. The van der Waals surface area contributed by atoms with Crippen molar-refractivity contribution in [2.24, 2.45) is 5.92 Å². The van der Waals surface area contributed by atoms with Gasteiger partial charge in [-0.15, -0.1) is 0 Å². The summed E-state index contributed by atoms with van der Waals surface area (Å²) in [6, 6.07) is 17.0. The van der Waals surface area contributed by atoms with Gasteiger partial charge in [-0.05, 0) is 84.2 Å². The number of benzene rings is 3. The fourth-order valence-corrected chi connectivity index (χ4v) is 5.58. The van der Waals surface area contributed by atoms with Gasteiger partial charge >= 0.3 is 5.97 Å². The minimum atomic E-state index is -0.302. The number of methoxy groups -OCH3 is 1. The normalized spacial score (nSPS) is 18.2. The number of fused-ring (bicyclic) bond motifs is 1. The summed E-state index contributed by atoms with van der Waals surface area (Å²) in [5.41, 5.74) is 6.29. The number of hydrogen-bond acceptors (Lipinski definition) is 4. The number of hydrogen-bond donors (Lipinski definition) is 0. The van der Waals surface area contributed by atoms with Crippen LogP contribution in [0.25, 0.3) is 11.1 Å². The second kappa shape index (κ2) is 10.4. The third-order valence-electron chi connectivity index (χ3n) is 7.57. The van der Waals surface area contributed by atoms with Crippen molar-refractivity contribution in [2.75, 3.05) is 20.3 Å². The molecule has 1 aliphatic carbocycles. The molecule has 2 atom stereocenters. The molecule has 1 saturated carbocycles. The van der Waals surface area contributed by atoms with E-state index in [-0.39, 0.29) is 36.0 Å². The van der Waals surface area contributed by atoms with E-state index in [9.17, 15) is 14.0 Å². The zero-order chi connectivity index (χ0) is 26.1. The highest BCUT2D eigenvalue weighted by molar-refractivity contribution is 5.84. The van der Waals surface area contributed by atoms with Gasteiger partial charge in [0.2, 0.25) is 5.91 Å². The maximum absolute atomic E-state index is 14.9. The average Bonchev–Trinajstić information content (AvgIpc) is 3.69. The Kier molecular flexibility index (Phi) is 7.00. The number of carbonyl (C=O) groups excluding carboxylic acids is 2. The first-order valence-electron chi connectivity index (χ1n) is 12.9. The summed E-state index contributed by atoms with van der Waals surface area (Å²) in [4.78, 5) is 27.5. The van der Waals surface area contributed by atoms with Crippen molar-refractivity contribution >= 4 is 11.9 Å². The molecule has 0 aromatic heterocycles. The van der Waals surface area contributed by atoms with E-state index in [1.54, 1.807) is 20.1 Å². The molecule has 5 nitrogen and oxygen atoms in total. The van der Waals surface area contributed by atoms with Crippen LogP contribution in [0.3, 0.4) is 0 Å². The Morgan fingerprint density at radius 3 is 2.62 bits per heavy atom. The van der Waals surface area contributed by atoms with Gasteiger partial charge in [-0.3, -0.25) is 9.59 Å². The second-order valence-corrected chi connectivity index (χ2v) is 9.88. The van der Waals surface area contributed by atoms with Crippen LogP contribution in [0.5, 0.6) is 5.75 Å². The van der Waals surface area contributed by atoms with E-state index in [1.165, 1.54) is 17.2 Å². The molecule has 3 aromatic rings. The maximum atomic E-state index is 14.9. The summed E-state index contributed by atoms with van der Waals surface area (Å²) in [5, 5.41) is 0. The smallest absolute Gasteiger partial charge is 0.310 e. The molecule has 6 heteroatoms. The van der Waals surface area contributed by atoms with Crippen molar-refractivity contribution in [1.82, 2.24) is 4.90 Å². The lowest BCUT2D eigenvalue weighted by Crippen LogP contribution is -2.37. The number of halogens is 1. The third kappa shape index (κ3) is 4.97. The van der Waals surface area contributed by atoms with Crippen molar-refractivity contribution in [3.8, 4) is 16.9 Å². The highest BCUT2D eigenvalue weighted by atomic mass is 19.1. The summed E-state index contributed by atoms with van der Waals surface area (Å²) in [6.07, 6.45) is 1.46. The predicted octanol–water partition coefficient (Wildman–Crippen LogP) is 5.60. The SMILES string of the molecule is CCOC(=O)Cc1ccc(OC)c(-c2ccc(F)c3c2CN(C(=O)[C@@H]2C[C@H]2c2ccccc2C)CC3)c1. The lowest BCUT2D eigenvalue weighted by atomic mass is 9.89. The third-order valence-corrected chi connectivity index (χ3v) is 7.57. The predicted molar refractivity (Wildman–Crippen MR) is 140 cm³/mol. The van der Waals surface area contributed by atoms with Crippen molar-refractivity contribution in [1.29, 1.82) is 0 Å². The van der Waals surface area contributed by atoms with Crippen LogP contribution in [0.1, 0.15) is 47.1 Å². The van der Waals surface area contributed by atoms with Gasteiger partial charge in [0, 0.05) is 24.6 Å². The fourth-order valence-electron chi connectivity index (χ4n) is 5.58. The lowest BCUT2D eigenvalue weighted by Gasteiger charge is -2.31. The van der Waals surface area contributed by atoms with Gasteiger partial charge in [0.25, 0.3) is 0 Å². The summed E-state index contributed by atoms with van der Waals surface area (Å²) >= 11 is 0. The molecule has 0 saturated heterocycles. The number of esters is 1. The van der Waals surface area contributed by atoms with Crippen molar-refractivity contribution in [2.45, 2.75) is 45.6 Å². The highest BCUT2D eigenvalue weighted by Crippen LogP contribution is 2.50. The Bertz CT molecular complexity index is 1350. The Hall–Kier alpha value is -3.67. The molecule has 2 aliphatic rings. The quantitative estimate of drug-likeness (QED) is 0.395. The van der Waals surface area contributed by atoms with Gasteiger partial charge in [-0.2, -0.15) is 0 Å². The van der Waals surface area contributed by atoms with Crippen LogP contribution in [-0.2, 0) is 33.7 Å². The van der Waals surface area contributed by atoms with Crippen LogP contribution in [0.4, 0.5) is 4.39 Å². The van der Waals surface area contributed by atoms with E-state index in [0.717, 1.165) is 28.7 Å². The fraction of sp³-hybridized carbons (Fsp3) is 0.355. The molecular weight excluding hydrogens is 469 g/mol. The maximum Gasteiger partial charge on any atom is 0.310 e. The van der Waals surface area contributed by atoms with Gasteiger partial charge in [0.1, 0.15) is 11.6 Å². The van der Waals surface area contributed by atoms with E-state index in [4.69, 9.17) is 9.47 Å². The minimum Gasteiger partial charge on any atom is -0.496 e. The lowest BCUT2D eigenvalue weighted by molar-refractivity contribution is -0.142. The Morgan fingerprint density at radius 1 is 1.05 bits per heavy atom. The molecular formula is C31H32FNO4. The van der Waals surface area contributed by atoms with Gasteiger partial charge in [0.05, 0.1) is 20.1 Å². The zero-order valence-corrected chi connectivity index (χ0v) is 21.6. The van der Waals surface area contributed by atoms with E-state index in [2.05, 4.69) is 19.1 Å². The van der Waals surface area contributed by atoms with Gasteiger partial charge < -0.3 is 14.4 Å². The Balaban J connectivity index is 1.44. The number of carbonyl (C=O) groups is 2. The molecule has 0 N–H and O–H groups in total. The van der Waals surface area contributed by atoms with E-state index >= 15 is 0 Å². The first-order chi connectivity index (χ1) is 17.9. The first kappa shape index (κ1) is 25.0. The van der Waals surface area contributed by atoms with Crippen LogP contribution >= 0.6 is 0 Å². The number of nitrogens with zero attached hydrogens (tertiary/aromatic N) is 1. The molecule has 0 radical (unpaired) electrons. The molecule has 0 bridgehead atoms. The topological polar surface area (TPSA) is 55.8 Å². The number of aryl methyl sites for hydroxylation is 1. The van der Waals surface area contributed by atoms with Crippen LogP contribution < -0.4 is 4.74 Å². The van der Waals surface area contributed by atoms with E-state index in [0.29, 0.717) is 37.4 Å². The van der Waals surface area contributed by atoms with Crippen molar-refractivity contribution in [3.63, 3.8) is 0 Å². The Labute approximate surface area is 217 Å². The Morgan fingerprint density at radius 2 is 1.86 bits per heavy atom. The molecule has 0 spiro atoms. The molecule has 1 amide bonds. The van der Waals surface area contributed by atoms with Crippen molar-refractivity contribution < 1.29 is 23.5 Å². The number of ether oxygens (including phenoxy) is 2. The average molecular weight is 502 g/mol. The van der Waals surface area contributed by atoms with Gasteiger partial charge in [0.15, 0.2) is 0 Å². The summed E-state index contributed by atoms with van der Waals surface area (Å²) < 4.78 is 25.7. The van der Waals surface area contributed by atoms with Crippen LogP contribution in [0.2, 0.25) is 0 Å². The van der Waals surface area contributed by atoms with Crippen LogP contribution in [-0.4, -0.2) is 37.0 Å². The van der Waals surface area contributed by atoms with Gasteiger partial charge in [-0.1, -0.05) is 36.4 Å². The van der Waals surface area contributed by atoms with E-state index in [1.807, 2.05) is 35.2 Å². The molecule has 0 unspecified atom stereocenters. The number of amides is 1. The zero-order valence-electron chi connectivity index (χ0n) is 21.6. The molecule has 3 aromatic carbocycles. The molecule has 1 heterocycles. The number of rotatable bonds is 7. The largest absolute Gasteiger partial charge is 0.496 e. The van der Waals surface area contributed by atoms with Gasteiger partial charge in [-0.25, -0.2) is 4.39 Å². The minimum absolute atomic E-state index is 0.0258.